The van der Waals surface area contributed by atoms with Crippen LogP contribution < -0.4 is 10.2 Å². The second-order valence-corrected chi connectivity index (χ2v) is 5.02. The van der Waals surface area contributed by atoms with Gasteiger partial charge in [0.1, 0.15) is 0 Å². The molecule has 0 aromatic carbocycles. The van der Waals surface area contributed by atoms with E-state index in [9.17, 15) is 0 Å². The lowest BCUT2D eigenvalue weighted by molar-refractivity contribution is 0.550. The summed E-state index contributed by atoms with van der Waals surface area (Å²) in [6.07, 6.45) is 7.24. The lowest BCUT2D eigenvalue weighted by Gasteiger charge is -2.19. The monoisotopic (exact) mass is 260 g/mol. The number of aromatic nitrogens is 2. The van der Waals surface area contributed by atoms with Crippen LogP contribution in [0, 0.1) is 25.2 Å². The minimum atomic E-state index is 0.543. The Morgan fingerprint density at radius 2 is 2.21 bits per heavy atom. The van der Waals surface area contributed by atoms with Crippen LogP contribution in [0.25, 0.3) is 0 Å². The maximum atomic E-state index is 5.35. The molecule has 104 valence electrons. The topological polar surface area (TPSA) is 41.1 Å². The molecule has 0 bridgehead atoms. The molecular weight excluding hydrogens is 236 g/mol. The van der Waals surface area contributed by atoms with E-state index >= 15 is 0 Å². The molecule has 0 spiro atoms. The SMILES string of the molecule is C#CCN(CC)c1ncc(CNCC(C)C)c(C)n1. The third-order valence-corrected chi connectivity index (χ3v) is 2.88. The zero-order chi connectivity index (χ0) is 14.3. The number of rotatable bonds is 7. The molecule has 0 aliphatic carbocycles. The van der Waals surface area contributed by atoms with Crippen LogP contribution in [0.15, 0.2) is 6.20 Å². The van der Waals surface area contributed by atoms with Crippen molar-refractivity contribution in [1.29, 1.82) is 0 Å². The molecule has 4 heteroatoms. The molecule has 0 saturated heterocycles. The van der Waals surface area contributed by atoms with Crippen molar-refractivity contribution in [1.82, 2.24) is 15.3 Å². The summed E-state index contributed by atoms with van der Waals surface area (Å²) < 4.78 is 0. The van der Waals surface area contributed by atoms with Crippen molar-refractivity contribution in [2.45, 2.75) is 34.2 Å². The smallest absolute Gasteiger partial charge is 0.226 e. The predicted molar refractivity (Wildman–Crippen MR) is 80.0 cm³/mol. The molecule has 0 amide bonds. The highest BCUT2D eigenvalue weighted by Gasteiger charge is 2.08. The summed E-state index contributed by atoms with van der Waals surface area (Å²) >= 11 is 0. The van der Waals surface area contributed by atoms with E-state index < -0.39 is 0 Å². The summed E-state index contributed by atoms with van der Waals surface area (Å²) in [5.41, 5.74) is 2.15. The van der Waals surface area contributed by atoms with Gasteiger partial charge in [0, 0.05) is 30.5 Å². The molecule has 1 rings (SSSR count). The zero-order valence-corrected chi connectivity index (χ0v) is 12.4. The Bertz CT molecular complexity index is 434. The molecule has 0 aliphatic heterocycles. The molecule has 4 nitrogen and oxygen atoms in total. The number of nitrogens with zero attached hydrogens (tertiary/aromatic N) is 3. The predicted octanol–water partition coefficient (Wildman–Crippen LogP) is 1.99. The molecule has 1 aromatic heterocycles. The van der Waals surface area contributed by atoms with Crippen molar-refractivity contribution in [2.24, 2.45) is 5.92 Å². The Kier molecular flexibility index (Phi) is 6.31. The van der Waals surface area contributed by atoms with Gasteiger partial charge in [0.25, 0.3) is 0 Å². The van der Waals surface area contributed by atoms with Crippen LogP contribution in [-0.2, 0) is 6.54 Å². The van der Waals surface area contributed by atoms with E-state index in [1.165, 1.54) is 0 Å². The van der Waals surface area contributed by atoms with E-state index in [0.29, 0.717) is 18.4 Å². The van der Waals surface area contributed by atoms with Gasteiger partial charge in [0.2, 0.25) is 5.95 Å². The van der Waals surface area contributed by atoms with Crippen LogP contribution in [0.2, 0.25) is 0 Å². The first-order valence-electron chi connectivity index (χ1n) is 6.80. The zero-order valence-electron chi connectivity index (χ0n) is 12.4. The fraction of sp³-hybridized carbons (Fsp3) is 0.600. The van der Waals surface area contributed by atoms with Crippen LogP contribution in [-0.4, -0.2) is 29.6 Å². The molecular formula is C15H24N4. The lowest BCUT2D eigenvalue weighted by Crippen LogP contribution is -2.26. The maximum absolute atomic E-state index is 5.35. The summed E-state index contributed by atoms with van der Waals surface area (Å²) in [7, 11) is 0. The summed E-state index contributed by atoms with van der Waals surface area (Å²) in [5, 5.41) is 3.40. The number of nitrogens with one attached hydrogen (secondary N) is 1. The Hall–Kier alpha value is -1.60. The fourth-order valence-corrected chi connectivity index (χ4v) is 1.74. The first-order chi connectivity index (χ1) is 9.08. The Morgan fingerprint density at radius 3 is 2.74 bits per heavy atom. The van der Waals surface area contributed by atoms with Crippen molar-refractivity contribution in [3.05, 3.63) is 17.5 Å². The van der Waals surface area contributed by atoms with Crippen molar-refractivity contribution >= 4 is 5.95 Å². The van der Waals surface area contributed by atoms with E-state index in [0.717, 1.165) is 30.9 Å². The van der Waals surface area contributed by atoms with Gasteiger partial charge in [-0.15, -0.1) is 6.42 Å². The highest BCUT2D eigenvalue weighted by atomic mass is 15.2. The highest BCUT2D eigenvalue weighted by molar-refractivity contribution is 5.34. The van der Waals surface area contributed by atoms with Gasteiger partial charge in [-0.25, -0.2) is 9.97 Å². The second-order valence-electron chi connectivity index (χ2n) is 5.02. The molecule has 1 aromatic rings. The van der Waals surface area contributed by atoms with Gasteiger partial charge in [0.05, 0.1) is 6.54 Å². The number of anilines is 1. The van der Waals surface area contributed by atoms with E-state index in [1.54, 1.807) is 0 Å². The largest absolute Gasteiger partial charge is 0.330 e. The first-order valence-corrected chi connectivity index (χ1v) is 6.80. The molecule has 0 atom stereocenters. The summed E-state index contributed by atoms with van der Waals surface area (Å²) in [5.74, 6) is 3.99. The van der Waals surface area contributed by atoms with E-state index in [1.807, 2.05) is 24.9 Å². The van der Waals surface area contributed by atoms with Crippen molar-refractivity contribution in [3.8, 4) is 12.3 Å². The minimum absolute atomic E-state index is 0.543. The van der Waals surface area contributed by atoms with E-state index in [4.69, 9.17) is 6.42 Å². The van der Waals surface area contributed by atoms with Crippen LogP contribution in [0.4, 0.5) is 5.95 Å². The number of hydrogen-bond donors (Lipinski definition) is 1. The Morgan fingerprint density at radius 1 is 1.47 bits per heavy atom. The molecule has 1 heterocycles. The van der Waals surface area contributed by atoms with Crippen molar-refractivity contribution in [2.75, 3.05) is 24.5 Å². The van der Waals surface area contributed by atoms with Crippen molar-refractivity contribution < 1.29 is 0 Å². The van der Waals surface area contributed by atoms with Gasteiger partial charge >= 0.3 is 0 Å². The quantitative estimate of drug-likeness (QED) is 0.761. The molecule has 1 N–H and O–H groups in total. The third kappa shape index (κ3) is 4.88. The Balaban J connectivity index is 2.71. The normalized spacial score (nSPS) is 10.5. The Labute approximate surface area is 116 Å². The van der Waals surface area contributed by atoms with E-state index in [-0.39, 0.29) is 0 Å². The molecule has 0 saturated carbocycles. The summed E-state index contributed by atoms with van der Waals surface area (Å²) in [6, 6.07) is 0. The molecule has 0 aliphatic rings. The van der Waals surface area contributed by atoms with Crippen molar-refractivity contribution in [3.63, 3.8) is 0 Å². The molecule has 19 heavy (non-hydrogen) atoms. The molecule has 0 fully saturated rings. The van der Waals surface area contributed by atoms with Crippen LogP contribution in [0.1, 0.15) is 32.0 Å². The number of terminal acetylenes is 1. The van der Waals surface area contributed by atoms with Crippen LogP contribution in [0.5, 0.6) is 0 Å². The van der Waals surface area contributed by atoms with Gasteiger partial charge < -0.3 is 10.2 Å². The summed E-state index contributed by atoms with van der Waals surface area (Å²) in [6.45, 7) is 11.6. The minimum Gasteiger partial charge on any atom is -0.330 e. The van der Waals surface area contributed by atoms with Gasteiger partial charge in [-0.1, -0.05) is 19.8 Å². The molecule has 0 radical (unpaired) electrons. The average molecular weight is 260 g/mol. The van der Waals surface area contributed by atoms with Gasteiger partial charge in [-0.3, -0.25) is 0 Å². The van der Waals surface area contributed by atoms with E-state index in [2.05, 4.69) is 35.1 Å². The fourth-order valence-electron chi connectivity index (χ4n) is 1.74. The maximum Gasteiger partial charge on any atom is 0.226 e. The molecule has 0 unspecified atom stereocenters. The van der Waals surface area contributed by atoms with Crippen LogP contribution >= 0.6 is 0 Å². The van der Waals surface area contributed by atoms with Gasteiger partial charge in [0.15, 0.2) is 0 Å². The number of aryl methyl sites for hydroxylation is 1. The second kappa shape index (κ2) is 7.75. The average Bonchev–Trinajstić information content (AvgIpc) is 2.37. The van der Waals surface area contributed by atoms with Crippen LogP contribution in [0.3, 0.4) is 0 Å². The first kappa shape index (κ1) is 15.5. The van der Waals surface area contributed by atoms with Gasteiger partial charge in [-0.05, 0) is 26.3 Å². The van der Waals surface area contributed by atoms with Gasteiger partial charge in [-0.2, -0.15) is 0 Å². The third-order valence-electron chi connectivity index (χ3n) is 2.88. The summed E-state index contributed by atoms with van der Waals surface area (Å²) in [4.78, 5) is 10.9. The standard InChI is InChI=1S/C15H24N4/c1-6-8-19(7-2)15-17-11-14(13(5)18-15)10-16-9-12(3)4/h1,11-12,16H,7-10H2,2-5H3. The lowest BCUT2D eigenvalue weighted by atomic mass is 10.2. The highest BCUT2D eigenvalue weighted by Crippen LogP contribution is 2.11. The number of hydrogen-bond acceptors (Lipinski definition) is 4.